The number of aryl methyl sites for hydroxylation is 1. The fraction of sp³-hybridized carbons (Fsp3) is 0.286. The molecule has 0 saturated heterocycles. The first kappa shape index (κ1) is 25.7. The van der Waals surface area contributed by atoms with E-state index in [1.54, 1.807) is 6.92 Å². The van der Waals surface area contributed by atoms with E-state index >= 15 is 0 Å². The monoisotopic (exact) mass is 571 g/mol. The topological polar surface area (TPSA) is 64.6 Å². The molecule has 34 heavy (non-hydrogen) atoms. The molecule has 0 aliphatic heterocycles. The summed E-state index contributed by atoms with van der Waals surface area (Å²) in [4.78, 5) is 23.6. The van der Waals surface area contributed by atoms with Gasteiger partial charge in [0.05, 0.1) is 6.61 Å². The molecule has 0 heterocycles. The van der Waals surface area contributed by atoms with Gasteiger partial charge in [0.15, 0.2) is 6.61 Å². The fourth-order valence-corrected chi connectivity index (χ4v) is 4.11. The molecule has 0 spiro atoms. The molecule has 3 aromatic carbocycles. The Balaban J connectivity index is 1.38. The van der Waals surface area contributed by atoms with E-state index in [0.717, 1.165) is 36.0 Å². The first-order valence-electron chi connectivity index (χ1n) is 11.5. The Morgan fingerprint density at radius 3 is 2.26 bits per heavy atom. The molecular formula is C28H30INO4. The van der Waals surface area contributed by atoms with Gasteiger partial charge in [-0.25, -0.2) is 4.79 Å². The van der Waals surface area contributed by atoms with Gasteiger partial charge in [-0.15, -0.1) is 0 Å². The van der Waals surface area contributed by atoms with E-state index in [0.29, 0.717) is 25.3 Å². The molecular weight excluding hydrogens is 541 g/mol. The Hall–Kier alpha value is -2.87. The van der Waals surface area contributed by atoms with Crippen LogP contribution in [0.3, 0.4) is 0 Å². The SMILES string of the molecule is CCOC(=O)COc1ccc(-c2ccc(CNC(=O)CCCCc3cccc(I)c3)cc2)cc1. The highest BCUT2D eigenvalue weighted by molar-refractivity contribution is 14.1. The van der Waals surface area contributed by atoms with Crippen molar-refractivity contribution in [2.45, 2.75) is 39.2 Å². The van der Waals surface area contributed by atoms with Crippen LogP contribution < -0.4 is 10.1 Å². The molecule has 0 aliphatic carbocycles. The molecule has 0 fully saturated rings. The van der Waals surface area contributed by atoms with Crippen LogP contribution >= 0.6 is 22.6 Å². The Morgan fingerprint density at radius 1 is 0.882 bits per heavy atom. The lowest BCUT2D eigenvalue weighted by molar-refractivity contribution is -0.145. The third-order valence-electron chi connectivity index (χ3n) is 5.30. The molecule has 1 amide bonds. The Bertz CT molecular complexity index is 1060. The molecule has 3 rings (SSSR count). The Kier molecular flexibility index (Phi) is 10.4. The van der Waals surface area contributed by atoms with E-state index in [9.17, 15) is 9.59 Å². The van der Waals surface area contributed by atoms with Crippen LogP contribution in [0.1, 0.15) is 37.3 Å². The average molecular weight is 571 g/mol. The molecule has 0 bridgehead atoms. The lowest BCUT2D eigenvalue weighted by atomic mass is 10.0. The highest BCUT2D eigenvalue weighted by Crippen LogP contribution is 2.23. The number of esters is 1. The summed E-state index contributed by atoms with van der Waals surface area (Å²) in [5, 5.41) is 3.01. The number of amides is 1. The summed E-state index contributed by atoms with van der Waals surface area (Å²) in [6, 6.07) is 24.2. The second-order valence-electron chi connectivity index (χ2n) is 7.93. The van der Waals surface area contributed by atoms with Crippen LogP contribution in [0.25, 0.3) is 11.1 Å². The van der Waals surface area contributed by atoms with Crippen LogP contribution in [0.4, 0.5) is 0 Å². The molecule has 6 heteroatoms. The van der Waals surface area contributed by atoms with Gasteiger partial charge in [-0.1, -0.05) is 48.5 Å². The van der Waals surface area contributed by atoms with Crippen LogP contribution in [0.15, 0.2) is 72.8 Å². The van der Waals surface area contributed by atoms with E-state index < -0.39 is 0 Å². The maximum atomic E-state index is 12.2. The number of nitrogens with one attached hydrogen (secondary N) is 1. The van der Waals surface area contributed by atoms with Crippen LogP contribution in [0.5, 0.6) is 5.75 Å². The minimum Gasteiger partial charge on any atom is -0.482 e. The highest BCUT2D eigenvalue weighted by Gasteiger charge is 2.05. The second-order valence-corrected chi connectivity index (χ2v) is 9.17. The van der Waals surface area contributed by atoms with Gasteiger partial charge in [0.2, 0.25) is 5.91 Å². The summed E-state index contributed by atoms with van der Waals surface area (Å²) in [6.07, 6.45) is 3.45. The van der Waals surface area contributed by atoms with Gasteiger partial charge in [0, 0.05) is 16.5 Å². The zero-order valence-corrected chi connectivity index (χ0v) is 21.5. The summed E-state index contributed by atoms with van der Waals surface area (Å²) < 4.78 is 11.5. The van der Waals surface area contributed by atoms with Crippen LogP contribution in [-0.4, -0.2) is 25.1 Å². The number of benzene rings is 3. The van der Waals surface area contributed by atoms with Gasteiger partial charge in [0.25, 0.3) is 0 Å². The van der Waals surface area contributed by atoms with Crippen molar-refractivity contribution in [3.63, 3.8) is 0 Å². The third kappa shape index (κ3) is 8.82. The van der Waals surface area contributed by atoms with Gasteiger partial charge >= 0.3 is 5.97 Å². The van der Waals surface area contributed by atoms with Gasteiger partial charge in [-0.2, -0.15) is 0 Å². The first-order valence-corrected chi connectivity index (χ1v) is 12.6. The van der Waals surface area contributed by atoms with E-state index in [-0.39, 0.29) is 18.5 Å². The molecule has 1 N–H and O–H groups in total. The second kappa shape index (κ2) is 13.7. The number of hydrogen-bond donors (Lipinski definition) is 1. The van der Waals surface area contributed by atoms with Crippen molar-refractivity contribution in [3.8, 4) is 16.9 Å². The standard InChI is InChI=1S/C28H30INO4/c1-2-33-28(32)20-34-26-16-14-24(15-17-26)23-12-10-22(11-13-23)19-30-27(31)9-4-3-6-21-7-5-8-25(29)18-21/h5,7-8,10-18H,2-4,6,9,19-20H2,1H3,(H,30,31). The molecule has 0 saturated carbocycles. The zero-order chi connectivity index (χ0) is 24.2. The normalized spacial score (nSPS) is 10.5. The Morgan fingerprint density at radius 2 is 1.59 bits per heavy atom. The van der Waals surface area contributed by atoms with Crippen molar-refractivity contribution in [1.82, 2.24) is 5.32 Å². The number of carbonyl (C=O) groups excluding carboxylic acids is 2. The molecule has 178 valence electrons. The lowest BCUT2D eigenvalue weighted by Crippen LogP contribution is -2.22. The number of halogens is 1. The van der Waals surface area contributed by atoms with Crippen molar-refractivity contribution in [1.29, 1.82) is 0 Å². The van der Waals surface area contributed by atoms with E-state index in [4.69, 9.17) is 9.47 Å². The van der Waals surface area contributed by atoms with Crippen LogP contribution in [0.2, 0.25) is 0 Å². The predicted octanol–water partition coefficient (Wildman–Crippen LogP) is 5.93. The third-order valence-corrected chi connectivity index (χ3v) is 5.97. The molecule has 0 radical (unpaired) electrons. The quantitative estimate of drug-likeness (QED) is 0.166. The van der Waals surface area contributed by atoms with E-state index in [2.05, 4.69) is 52.2 Å². The largest absolute Gasteiger partial charge is 0.482 e. The van der Waals surface area contributed by atoms with Crippen molar-refractivity contribution in [2.24, 2.45) is 0 Å². The van der Waals surface area contributed by atoms with Crippen molar-refractivity contribution in [2.75, 3.05) is 13.2 Å². The Labute approximate surface area is 215 Å². The number of hydrogen-bond acceptors (Lipinski definition) is 4. The van der Waals surface area contributed by atoms with Gasteiger partial charge in [0.1, 0.15) is 5.75 Å². The van der Waals surface area contributed by atoms with Crippen molar-refractivity contribution < 1.29 is 19.1 Å². The molecule has 0 unspecified atom stereocenters. The predicted molar refractivity (Wildman–Crippen MR) is 143 cm³/mol. The summed E-state index contributed by atoms with van der Waals surface area (Å²) in [5.41, 5.74) is 4.51. The summed E-state index contributed by atoms with van der Waals surface area (Å²) in [7, 11) is 0. The minimum absolute atomic E-state index is 0.0881. The van der Waals surface area contributed by atoms with Gasteiger partial charge in [-0.05, 0) is 95.3 Å². The number of carbonyl (C=O) groups is 2. The van der Waals surface area contributed by atoms with Crippen molar-refractivity contribution >= 4 is 34.5 Å². The number of rotatable bonds is 12. The molecule has 0 aliphatic rings. The molecule has 5 nitrogen and oxygen atoms in total. The zero-order valence-electron chi connectivity index (χ0n) is 19.4. The summed E-state index contributed by atoms with van der Waals surface area (Å²) >= 11 is 2.32. The van der Waals surface area contributed by atoms with Crippen LogP contribution in [-0.2, 0) is 27.3 Å². The maximum absolute atomic E-state index is 12.2. The lowest BCUT2D eigenvalue weighted by Gasteiger charge is -2.09. The van der Waals surface area contributed by atoms with Gasteiger partial charge in [-0.3, -0.25) is 4.79 Å². The molecule has 0 atom stereocenters. The number of ether oxygens (including phenoxy) is 2. The summed E-state index contributed by atoms with van der Waals surface area (Å²) in [6.45, 7) is 2.53. The smallest absolute Gasteiger partial charge is 0.344 e. The fourth-order valence-electron chi connectivity index (χ4n) is 3.50. The minimum atomic E-state index is -0.378. The van der Waals surface area contributed by atoms with E-state index in [1.165, 1.54) is 9.13 Å². The first-order chi connectivity index (χ1) is 16.5. The number of unbranched alkanes of at least 4 members (excludes halogenated alkanes) is 1. The molecule has 3 aromatic rings. The van der Waals surface area contributed by atoms with E-state index in [1.807, 2.05) is 48.5 Å². The molecule has 0 aromatic heterocycles. The van der Waals surface area contributed by atoms with Gasteiger partial charge < -0.3 is 14.8 Å². The van der Waals surface area contributed by atoms with Crippen LogP contribution in [0, 0.1) is 3.57 Å². The summed E-state index contributed by atoms with van der Waals surface area (Å²) in [5.74, 6) is 0.330. The van der Waals surface area contributed by atoms with Crippen molar-refractivity contribution in [3.05, 3.63) is 87.5 Å². The highest BCUT2D eigenvalue weighted by atomic mass is 127. The maximum Gasteiger partial charge on any atom is 0.344 e. The average Bonchev–Trinajstić information content (AvgIpc) is 2.85.